The first-order valence-corrected chi connectivity index (χ1v) is 9.63. The number of hydrogen-bond donors (Lipinski definition) is 2. The lowest BCUT2D eigenvalue weighted by atomic mass is 9.82. The molecule has 0 spiro atoms. The van der Waals surface area contributed by atoms with Crippen LogP contribution in [-0.2, 0) is 0 Å². The normalized spacial score (nSPS) is 18.6. The molecule has 0 saturated carbocycles. The average Bonchev–Trinajstić information content (AvgIpc) is 2.78. The first-order chi connectivity index (χ1) is 14.2. The Kier molecular flexibility index (Phi) is 7.30. The van der Waals surface area contributed by atoms with E-state index in [-0.39, 0.29) is 5.92 Å². The number of nitrogens with zero attached hydrogens (tertiary/aromatic N) is 3. The molecule has 6 heteroatoms. The van der Waals surface area contributed by atoms with E-state index in [1.54, 1.807) is 0 Å². The fourth-order valence-corrected chi connectivity index (χ4v) is 3.32. The summed E-state index contributed by atoms with van der Waals surface area (Å²) in [4.78, 5) is 13.0. The molecule has 1 atom stereocenters. The Labute approximate surface area is 171 Å². The second-order valence-corrected chi connectivity index (χ2v) is 6.79. The SMILES string of the molecule is C=NC(=NCCOc1ccccc1)N=C1CC(c2ccccc2)CC(NO)=C1C. The van der Waals surface area contributed by atoms with E-state index >= 15 is 0 Å². The molecule has 2 aromatic carbocycles. The second kappa shape index (κ2) is 10.3. The van der Waals surface area contributed by atoms with Crippen LogP contribution < -0.4 is 10.2 Å². The molecule has 0 amide bonds. The van der Waals surface area contributed by atoms with E-state index in [0.717, 1.165) is 35.6 Å². The molecule has 150 valence electrons. The molecule has 0 radical (unpaired) electrons. The van der Waals surface area contributed by atoms with E-state index in [0.29, 0.717) is 19.1 Å². The van der Waals surface area contributed by atoms with Gasteiger partial charge in [-0.15, -0.1) is 0 Å². The summed E-state index contributed by atoms with van der Waals surface area (Å²) < 4.78 is 5.65. The Morgan fingerprint density at radius 2 is 1.79 bits per heavy atom. The molecule has 0 bridgehead atoms. The Hall–Kier alpha value is -3.25. The highest BCUT2D eigenvalue weighted by atomic mass is 16.5. The number of allylic oxidation sites excluding steroid dienone is 2. The molecular formula is C23H26N4O2. The molecule has 1 unspecified atom stereocenters. The summed E-state index contributed by atoms with van der Waals surface area (Å²) in [7, 11) is 0. The standard InChI is InChI=1S/C23H26N4O2/c1-17-21(15-19(16-22(17)27-28)18-9-5-3-6-10-18)26-23(24-2)25-13-14-29-20-11-7-4-8-12-20/h3-12,19,27-28H,2,13-16H2,1H3. The third-order valence-corrected chi connectivity index (χ3v) is 4.91. The van der Waals surface area contributed by atoms with Crippen molar-refractivity contribution in [2.24, 2.45) is 15.0 Å². The minimum absolute atomic E-state index is 0.223. The summed E-state index contributed by atoms with van der Waals surface area (Å²) in [5.74, 6) is 1.35. The summed E-state index contributed by atoms with van der Waals surface area (Å²) in [6.07, 6.45) is 1.47. The molecule has 6 nitrogen and oxygen atoms in total. The second-order valence-electron chi connectivity index (χ2n) is 6.79. The first kappa shape index (κ1) is 20.5. The van der Waals surface area contributed by atoms with Gasteiger partial charge < -0.3 is 4.74 Å². The van der Waals surface area contributed by atoms with E-state index in [1.165, 1.54) is 5.56 Å². The molecule has 0 aromatic heterocycles. The van der Waals surface area contributed by atoms with E-state index in [2.05, 4.69) is 39.3 Å². The smallest absolute Gasteiger partial charge is 0.244 e. The van der Waals surface area contributed by atoms with Crippen LogP contribution in [0.4, 0.5) is 0 Å². The van der Waals surface area contributed by atoms with Gasteiger partial charge in [0.05, 0.1) is 6.54 Å². The van der Waals surface area contributed by atoms with Gasteiger partial charge in [-0.25, -0.2) is 15.0 Å². The van der Waals surface area contributed by atoms with Crippen LogP contribution in [0.3, 0.4) is 0 Å². The number of para-hydroxylation sites is 1. The van der Waals surface area contributed by atoms with Gasteiger partial charge in [0.25, 0.3) is 0 Å². The third-order valence-electron chi connectivity index (χ3n) is 4.91. The van der Waals surface area contributed by atoms with Crippen molar-refractivity contribution in [1.82, 2.24) is 5.48 Å². The van der Waals surface area contributed by atoms with Crippen LogP contribution in [0.15, 0.2) is 86.9 Å². The molecule has 0 aliphatic heterocycles. The molecule has 0 heterocycles. The highest BCUT2D eigenvalue weighted by molar-refractivity contribution is 6.08. The van der Waals surface area contributed by atoms with Gasteiger partial charge in [-0.05, 0) is 55.7 Å². The lowest BCUT2D eigenvalue weighted by Gasteiger charge is -2.27. The minimum atomic E-state index is 0.223. The topological polar surface area (TPSA) is 78.6 Å². The van der Waals surface area contributed by atoms with Gasteiger partial charge >= 0.3 is 0 Å². The van der Waals surface area contributed by atoms with Gasteiger partial charge in [-0.1, -0.05) is 48.5 Å². The largest absolute Gasteiger partial charge is 0.492 e. The molecule has 1 aliphatic carbocycles. The van der Waals surface area contributed by atoms with Gasteiger partial charge in [-0.2, -0.15) is 0 Å². The lowest BCUT2D eigenvalue weighted by molar-refractivity contribution is 0.192. The molecule has 3 rings (SSSR count). The van der Waals surface area contributed by atoms with Crippen LogP contribution in [0, 0.1) is 0 Å². The monoisotopic (exact) mass is 390 g/mol. The van der Waals surface area contributed by atoms with Gasteiger partial charge in [0.1, 0.15) is 12.4 Å². The van der Waals surface area contributed by atoms with Crippen LogP contribution in [0.5, 0.6) is 5.75 Å². The molecule has 0 saturated heterocycles. The van der Waals surface area contributed by atoms with Crippen LogP contribution in [0.2, 0.25) is 0 Å². The van der Waals surface area contributed by atoms with Crippen molar-refractivity contribution in [2.45, 2.75) is 25.7 Å². The number of hydrogen-bond acceptors (Lipinski definition) is 4. The van der Waals surface area contributed by atoms with Crippen molar-refractivity contribution in [3.8, 4) is 5.75 Å². The number of ether oxygens (including phenoxy) is 1. The van der Waals surface area contributed by atoms with Crippen molar-refractivity contribution in [1.29, 1.82) is 0 Å². The predicted molar refractivity (Wildman–Crippen MR) is 117 cm³/mol. The third kappa shape index (κ3) is 5.62. The van der Waals surface area contributed by atoms with Gasteiger partial charge in [0.15, 0.2) is 0 Å². The van der Waals surface area contributed by atoms with Gasteiger partial charge in [0.2, 0.25) is 5.96 Å². The fraction of sp³-hybridized carbons (Fsp3) is 0.261. The van der Waals surface area contributed by atoms with Crippen LogP contribution in [0.25, 0.3) is 0 Å². The molecule has 2 aromatic rings. The van der Waals surface area contributed by atoms with Crippen molar-refractivity contribution in [2.75, 3.05) is 13.2 Å². The minimum Gasteiger partial charge on any atom is -0.492 e. The lowest BCUT2D eigenvalue weighted by Crippen LogP contribution is -2.24. The Bertz CT molecular complexity index is 905. The van der Waals surface area contributed by atoms with E-state index in [9.17, 15) is 5.21 Å². The molecule has 29 heavy (non-hydrogen) atoms. The van der Waals surface area contributed by atoms with E-state index < -0.39 is 0 Å². The maximum absolute atomic E-state index is 9.57. The summed E-state index contributed by atoms with van der Waals surface area (Å²) in [6.45, 7) is 6.39. The van der Waals surface area contributed by atoms with Crippen molar-refractivity contribution < 1.29 is 9.94 Å². The van der Waals surface area contributed by atoms with Crippen LogP contribution in [0.1, 0.15) is 31.2 Å². The Morgan fingerprint density at radius 1 is 1.10 bits per heavy atom. The number of rotatable bonds is 6. The fourth-order valence-electron chi connectivity index (χ4n) is 3.32. The van der Waals surface area contributed by atoms with Crippen molar-refractivity contribution in [3.05, 3.63) is 77.5 Å². The van der Waals surface area contributed by atoms with Crippen LogP contribution >= 0.6 is 0 Å². The zero-order chi connectivity index (χ0) is 20.5. The maximum atomic E-state index is 9.57. The van der Waals surface area contributed by atoms with Gasteiger partial charge in [0, 0.05) is 11.4 Å². The molecule has 0 fully saturated rings. The van der Waals surface area contributed by atoms with Crippen molar-refractivity contribution >= 4 is 18.4 Å². The number of hydroxylamine groups is 1. The number of guanidine groups is 1. The highest BCUT2D eigenvalue weighted by Gasteiger charge is 2.25. The summed E-state index contributed by atoms with van der Waals surface area (Å²) >= 11 is 0. The molecule has 2 N–H and O–H groups in total. The Morgan fingerprint density at radius 3 is 2.45 bits per heavy atom. The molecular weight excluding hydrogens is 364 g/mol. The van der Waals surface area contributed by atoms with Crippen LogP contribution in [-0.4, -0.2) is 36.7 Å². The predicted octanol–water partition coefficient (Wildman–Crippen LogP) is 4.39. The number of nitrogens with one attached hydrogen (secondary N) is 1. The molecule has 1 aliphatic rings. The summed E-state index contributed by atoms with van der Waals surface area (Å²) in [5, 5.41) is 9.57. The Balaban J connectivity index is 1.72. The van der Waals surface area contributed by atoms with E-state index in [1.807, 2.05) is 55.5 Å². The zero-order valence-electron chi connectivity index (χ0n) is 16.6. The average molecular weight is 390 g/mol. The maximum Gasteiger partial charge on any atom is 0.244 e. The quantitative estimate of drug-likeness (QED) is 0.332. The van der Waals surface area contributed by atoms with Crippen molar-refractivity contribution in [3.63, 3.8) is 0 Å². The van der Waals surface area contributed by atoms with Gasteiger partial charge in [-0.3, -0.25) is 10.7 Å². The highest BCUT2D eigenvalue weighted by Crippen LogP contribution is 2.33. The number of benzene rings is 2. The summed E-state index contributed by atoms with van der Waals surface area (Å²) in [6, 6.07) is 19.8. The zero-order valence-corrected chi connectivity index (χ0v) is 16.6. The van der Waals surface area contributed by atoms with E-state index in [4.69, 9.17) is 4.74 Å². The summed E-state index contributed by atoms with van der Waals surface area (Å²) in [5.41, 5.74) is 6.07. The number of aliphatic imine (C=N–C) groups is 3. The first-order valence-electron chi connectivity index (χ1n) is 9.63.